The summed E-state index contributed by atoms with van der Waals surface area (Å²) in [6, 6.07) is 7.89. The zero-order valence-corrected chi connectivity index (χ0v) is 16.7. The van der Waals surface area contributed by atoms with E-state index in [9.17, 15) is 0 Å². The number of hydrogen-bond donors (Lipinski definition) is 0. The zero-order chi connectivity index (χ0) is 19.1. The van der Waals surface area contributed by atoms with Crippen molar-refractivity contribution in [3.63, 3.8) is 0 Å². The molecule has 4 aromatic heterocycles. The summed E-state index contributed by atoms with van der Waals surface area (Å²) in [6.45, 7) is 6.18. The van der Waals surface area contributed by atoms with Gasteiger partial charge >= 0.3 is 0 Å². The van der Waals surface area contributed by atoms with Gasteiger partial charge in [0.05, 0.1) is 11.4 Å². The van der Waals surface area contributed by atoms with Gasteiger partial charge in [-0.25, -0.2) is 4.98 Å². The molecule has 0 saturated carbocycles. The molecule has 0 spiro atoms. The minimum absolute atomic E-state index is 0.352. The average Bonchev–Trinajstić information content (AvgIpc) is 3.31. The van der Waals surface area contributed by atoms with Crippen molar-refractivity contribution in [3.05, 3.63) is 53.1 Å². The number of anilines is 1. The largest absolute Gasteiger partial charge is 0.348 e. The maximum atomic E-state index is 4.80. The summed E-state index contributed by atoms with van der Waals surface area (Å²) in [4.78, 5) is 12.6. The highest BCUT2D eigenvalue weighted by atomic mass is 32.1. The monoisotopic (exact) mass is 391 g/mol. The number of nitrogens with zero attached hydrogens (tertiary/aromatic N) is 7. The Kier molecular flexibility index (Phi) is 4.27. The molecule has 5 heterocycles. The quantitative estimate of drug-likeness (QED) is 0.531. The summed E-state index contributed by atoms with van der Waals surface area (Å²) in [5.74, 6) is 1.30. The summed E-state index contributed by atoms with van der Waals surface area (Å²) >= 11 is 1.79. The van der Waals surface area contributed by atoms with E-state index in [-0.39, 0.29) is 0 Å². The van der Waals surface area contributed by atoms with E-state index >= 15 is 0 Å². The zero-order valence-electron chi connectivity index (χ0n) is 15.9. The second kappa shape index (κ2) is 6.94. The number of hydrogen-bond acceptors (Lipinski definition) is 7. The van der Waals surface area contributed by atoms with E-state index in [1.54, 1.807) is 17.5 Å². The Labute approximate surface area is 167 Å². The van der Waals surface area contributed by atoms with Crippen LogP contribution in [0.3, 0.4) is 0 Å². The number of aromatic nitrogens is 6. The predicted octanol–water partition coefficient (Wildman–Crippen LogP) is 3.64. The van der Waals surface area contributed by atoms with Crippen molar-refractivity contribution >= 4 is 22.1 Å². The lowest BCUT2D eigenvalue weighted by atomic mass is 9.96. The number of rotatable bonds is 3. The van der Waals surface area contributed by atoms with Gasteiger partial charge in [0.1, 0.15) is 0 Å². The van der Waals surface area contributed by atoms with Crippen molar-refractivity contribution in [1.29, 1.82) is 0 Å². The Bertz CT molecular complexity index is 1090. The Balaban J connectivity index is 1.39. The van der Waals surface area contributed by atoms with Crippen LogP contribution in [0, 0.1) is 13.8 Å². The highest BCUT2D eigenvalue weighted by molar-refractivity contribution is 7.15. The standard InChI is InChI=1S/C20H21N7S/c1-13-14(2)28-20(22-13)26-10-7-15(8-11-26)19-24-23-18-6-5-17(25-27(18)19)16-4-3-9-21-12-16/h3-6,9,12,15H,7-8,10-11H2,1-2H3. The van der Waals surface area contributed by atoms with Gasteiger partial charge < -0.3 is 4.90 Å². The molecule has 1 fully saturated rings. The van der Waals surface area contributed by atoms with Gasteiger partial charge in [-0.15, -0.1) is 21.5 Å². The van der Waals surface area contributed by atoms with Crippen molar-refractivity contribution in [2.24, 2.45) is 0 Å². The first-order chi connectivity index (χ1) is 13.7. The van der Waals surface area contributed by atoms with E-state index in [1.807, 2.05) is 35.0 Å². The van der Waals surface area contributed by atoms with Crippen LogP contribution in [0.5, 0.6) is 0 Å². The smallest absolute Gasteiger partial charge is 0.185 e. The predicted molar refractivity (Wildman–Crippen MR) is 110 cm³/mol. The van der Waals surface area contributed by atoms with Crippen LogP contribution in [0.4, 0.5) is 5.13 Å². The molecule has 0 N–H and O–H groups in total. The van der Waals surface area contributed by atoms with Gasteiger partial charge in [-0.3, -0.25) is 4.98 Å². The maximum Gasteiger partial charge on any atom is 0.185 e. The molecular weight excluding hydrogens is 370 g/mol. The maximum absolute atomic E-state index is 4.80. The van der Waals surface area contributed by atoms with Crippen LogP contribution >= 0.6 is 11.3 Å². The third kappa shape index (κ3) is 3.03. The summed E-state index contributed by atoms with van der Waals surface area (Å²) in [7, 11) is 0. The minimum atomic E-state index is 0.352. The fourth-order valence-corrected chi connectivity index (χ4v) is 4.61. The summed E-state index contributed by atoms with van der Waals surface area (Å²) in [5, 5.41) is 14.7. The van der Waals surface area contributed by atoms with E-state index in [0.717, 1.165) is 59.5 Å². The molecule has 4 aromatic rings. The molecule has 0 aliphatic carbocycles. The number of piperidine rings is 1. The molecule has 7 nitrogen and oxygen atoms in total. The van der Waals surface area contributed by atoms with E-state index in [0.29, 0.717) is 5.92 Å². The van der Waals surface area contributed by atoms with Gasteiger partial charge in [0.15, 0.2) is 16.6 Å². The van der Waals surface area contributed by atoms with E-state index < -0.39 is 0 Å². The van der Waals surface area contributed by atoms with Gasteiger partial charge in [-0.1, -0.05) is 0 Å². The van der Waals surface area contributed by atoms with Crippen LogP contribution in [0.15, 0.2) is 36.7 Å². The molecule has 0 radical (unpaired) electrons. The van der Waals surface area contributed by atoms with Gasteiger partial charge in [0.2, 0.25) is 0 Å². The first kappa shape index (κ1) is 17.2. The van der Waals surface area contributed by atoms with Crippen molar-refractivity contribution in [1.82, 2.24) is 29.8 Å². The van der Waals surface area contributed by atoms with Gasteiger partial charge in [-0.05, 0) is 51.0 Å². The highest BCUT2D eigenvalue weighted by Crippen LogP contribution is 2.32. The second-order valence-electron chi connectivity index (χ2n) is 7.19. The van der Waals surface area contributed by atoms with Crippen LogP contribution in [-0.4, -0.2) is 42.9 Å². The third-order valence-electron chi connectivity index (χ3n) is 5.39. The Hall–Kier alpha value is -2.87. The lowest BCUT2D eigenvalue weighted by molar-refractivity contribution is 0.477. The van der Waals surface area contributed by atoms with Gasteiger partial charge in [0, 0.05) is 41.8 Å². The Morgan fingerprint density at radius 1 is 1.07 bits per heavy atom. The molecule has 142 valence electrons. The average molecular weight is 392 g/mol. The lowest BCUT2D eigenvalue weighted by Gasteiger charge is -2.30. The topological polar surface area (TPSA) is 72.1 Å². The highest BCUT2D eigenvalue weighted by Gasteiger charge is 2.26. The van der Waals surface area contributed by atoms with Gasteiger partial charge in [-0.2, -0.15) is 9.61 Å². The van der Waals surface area contributed by atoms with E-state index in [1.165, 1.54) is 4.88 Å². The summed E-state index contributed by atoms with van der Waals surface area (Å²) < 4.78 is 1.90. The van der Waals surface area contributed by atoms with Crippen LogP contribution in [-0.2, 0) is 0 Å². The fraction of sp³-hybridized carbons (Fsp3) is 0.350. The van der Waals surface area contributed by atoms with E-state index in [4.69, 9.17) is 10.1 Å². The molecule has 1 aliphatic heterocycles. The molecule has 0 amide bonds. The minimum Gasteiger partial charge on any atom is -0.348 e. The van der Waals surface area contributed by atoms with Crippen LogP contribution < -0.4 is 4.90 Å². The number of fused-ring (bicyclic) bond motifs is 1. The van der Waals surface area contributed by atoms with Crippen LogP contribution in [0.2, 0.25) is 0 Å². The van der Waals surface area contributed by atoms with Crippen molar-refractivity contribution in [2.45, 2.75) is 32.6 Å². The third-order valence-corrected chi connectivity index (χ3v) is 6.53. The van der Waals surface area contributed by atoms with E-state index in [2.05, 4.69) is 33.9 Å². The molecule has 28 heavy (non-hydrogen) atoms. The second-order valence-corrected chi connectivity index (χ2v) is 8.37. The lowest BCUT2D eigenvalue weighted by Crippen LogP contribution is -2.33. The molecule has 0 atom stereocenters. The van der Waals surface area contributed by atoms with Crippen LogP contribution in [0.1, 0.15) is 35.2 Å². The first-order valence-corrected chi connectivity index (χ1v) is 10.3. The SMILES string of the molecule is Cc1nc(N2CCC(c3nnc4ccc(-c5cccnc5)nn34)CC2)sc1C. The molecule has 5 rings (SSSR count). The van der Waals surface area contributed by atoms with Gasteiger partial charge in [0.25, 0.3) is 0 Å². The molecule has 0 aromatic carbocycles. The number of pyridine rings is 1. The normalized spacial score (nSPS) is 15.4. The van der Waals surface area contributed by atoms with Crippen molar-refractivity contribution < 1.29 is 0 Å². The first-order valence-electron chi connectivity index (χ1n) is 9.51. The van der Waals surface area contributed by atoms with Crippen molar-refractivity contribution in [2.75, 3.05) is 18.0 Å². The molecule has 0 unspecified atom stereocenters. The molecule has 1 saturated heterocycles. The Morgan fingerprint density at radius 3 is 2.64 bits per heavy atom. The van der Waals surface area contributed by atoms with Crippen LogP contribution in [0.25, 0.3) is 16.9 Å². The number of thiazole rings is 1. The Morgan fingerprint density at radius 2 is 1.93 bits per heavy atom. The molecule has 0 bridgehead atoms. The molecular formula is C20H21N7S. The number of aryl methyl sites for hydroxylation is 2. The summed E-state index contributed by atoms with van der Waals surface area (Å²) in [5.41, 5.74) is 3.80. The fourth-order valence-electron chi connectivity index (χ4n) is 3.65. The molecule has 1 aliphatic rings. The summed E-state index contributed by atoms with van der Waals surface area (Å²) in [6.07, 6.45) is 5.65. The van der Waals surface area contributed by atoms with Crippen molar-refractivity contribution in [3.8, 4) is 11.3 Å². The molecule has 8 heteroatoms.